The molecule has 5 aliphatic carbocycles. The Balaban J connectivity index is 0.991. The van der Waals surface area contributed by atoms with Crippen molar-refractivity contribution in [1.82, 2.24) is 21.3 Å². The molecule has 4 fully saturated rings. The van der Waals surface area contributed by atoms with E-state index >= 15 is 4.79 Å². The zero-order valence-corrected chi connectivity index (χ0v) is 51.8. The number of phenolic OH excluding ortho intramolecular Hbond substituents is 7. The van der Waals surface area contributed by atoms with Gasteiger partial charge in [0, 0.05) is 66.5 Å². The average molecular weight is 1400 g/mol. The van der Waals surface area contributed by atoms with E-state index in [0.29, 0.717) is 109 Å². The Morgan fingerprint density at radius 1 is 0.500 bits per heavy atom. The minimum Gasteiger partial charge on any atom is -0.505 e. The molecule has 4 saturated carbocycles. The van der Waals surface area contributed by atoms with Gasteiger partial charge in [0.1, 0.15) is 14.7 Å². The number of halogens is 4. The first-order valence-electron chi connectivity index (χ1n) is 27.7. The van der Waals surface area contributed by atoms with Gasteiger partial charge in [-0.2, -0.15) is 0 Å². The van der Waals surface area contributed by atoms with Crippen LogP contribution in [0.3, 0.4) is 0 Å². The van der Waals surface area contributed by atoms with Gasteiger partial charge in [0.05, 0.1) is 8.95 Å². The molecule has 5 aromatic carbocycles. The van der Waals surface area contributed by atoms with Crippen molar-refractivity contribution >= 4 is 98.3 Å². The Kier molecular flexibility index (Phi) is 17.4. The van der Waals surface area contributed by atoms with Gasteiger partial charge in [-0.25, -0.2) is 0 Å². The fourth-order valence-electron chi connectivity index (χ4n) is 14.3. The summed E-state index contributed by atoms with van der Waals surface area (Å²) in [7, 11) is 0. The van der Waals surface area contributed by atoms with Gasteiger partial charge in [0.25, 0.3) is 5.91 Å². The van der Waals surface area contributed by atoms with Crippen LogP contribution in [0.25, 0.3) is 33.4 Å². The first-order chi connectivity index (χ1) is 40.0. The second-order valence-electron chi connectivity index (χ2n) is 23.4. The number of hydrogen-bond acceptors (Lipinski definition) is 13. The SMILES string of the molecule is O=C(CCC12CC3(CCC(=O)NCCc4ccc(O)c(O)c4)CC(CCC(=O)NCCc4ccc(O)c(O)c4)(C1)CC(NC(=O)c1ccccc1-c1c4cc(Br)c(=O)c(Br)c-4oc4c(Br)c(O)c(Br)cc14)(C2)C3)NCCc1ccc(O)c(O)c1. The highest BCUT2D eigenvalue weighted by Crippen LogP contribution is 2.74. The van der Waals surface area contributed by atoms with Crippen LogP contribution in [0.2, 0.25) is 0 Å². The number of hydrogen-bond donors (Lipinski definition) is 11. The van der Waals surface area contributed by atoms with E-state index in [1.54, 1.807) is 42.5 Å². The van der Waals surface area contributed by atoms with Crippen molar-refractivity contribution < 1.29 is 59.3 Å². The average Bonchev–Trinajstić information content (AvgIpc) is 0.726. The third kappa shape index (κ3) is 12.7. The third-order valence-corrected chi connectivity index (χ3v) is 19.9. The molecule has 0 aromatic heterocycles. The molecule has 4 amide bonds. The number of nitrogens with one attached hydrogen (secondary N) is 4. The summed E-state index contributed by atoms with van der Waals surface area (Å²) in [4.78, 5) is 71.0. The van der Waals surface area contributed by atoms with Gasteiger partial charge in [0.2, 0.25) is 23.2 Å². The van der Waals surface area contributed by atoms with Gasteiger partial charge >= 0.3 is 0 Å². The van der Waals surface area contributed by atoms with Gasteiger partial charge in [-0.15, -0.1) is 0 Å². The third-order valence-electron chi connectivity index (χ3n) is 17.2. The second-order valence-corrected chi connectivity index (χ2v) is 26.7. The minimum absolute atomic E-state index is 0.129. The van der Waals surface area contributed by atoms with Crippen LogP contribution in [0.15, 0.2) is 118 Å². The number of phenols is 7. The van der Waals surface area contributed by atoms with Gasteiger partial charge in [-0.05, 0) is 234 Å². The lowest BCUT2D eigenvalue weighted by Crippen LogP contribution is -2.69. The van der Waals surface area contributed by atoms with E-state index in [9.17, 15) is 54.9 Å². The summed E-state index contributed by atoms with van der Waals surface area (Å²) in [5.41, 5.74) is 1.35. The van der Waals surface area contributed by atoms with Crippen LogP contribution in [0.1, 0.15) is 104 Å². The lowest BCUT2D eigenvalue weighted by atomic mass is 9.35. The molecule has 440 valence electrons. The van der Waals surface area contributed by atoms with E-state index in [1.807, 2.05) is 12.1 Å². The molecule has 0 unspecified atom stereocenters. The quantitative estimate of drug-likeness (QED) is 0.0236. The summed E-state index contributed by atoms with van der Waals surface area (Å²) < 4.78 is 7.34. The zero-order valence-electron chi connectivity index (χ0n) is 45.5. The molecule has 17 nitrogen and oxygen atoms in total. The lowest BCUT2D eigenvalue weighted by molar-refractivity contribution is -0.185. The number of aromatic hydroxyl groups is 7. The topological polar surface area (TPSA) is 288 Å². The van der Waals surface area contributed by atoms with Crippen LogP contribution >= 0.6 is 63.7 Å². The molecule has 6 aliphatic rings. The van der Waals surface area contributed by atoms with Gasteiger partial charge in [-0.1, -0.05) is 36.4 Å². The van der Waals surface area contributed by atoms with Gasteiger partial charge < -0.3 is 61.4 Å². The fourth-order valence-corrected chi connectivity index (χ4v) is 16.7. The number of rotatable bonds is 21. The Bertz CT molecular complexity index is 3570. The predicted molar refractivity (Wildman–Crippen MR) is 329 cm³/mol. The molecule has 21 heteroatoms. The van der Waals surface area contributed by atoms with Gasteiger partial charge in [-0.3, -0.25) is 24.0 Å². The Labute approximate surface area is 517 Å². The number of carbonyl (C=O) groups is 4. The van der Waals surface area contributed by atoms with Crippen LogP contribution in [0, 0.1) is 16.2 Å². The molecule has 84 heavy (non-hydrogen) atoms. The Morgan fingerprint density at radius 2 is 0.940 bits per heavy atom. The van der Waals surface area contributed by atoms with Crippen LogP contribution < -0.4 is 26.7 Å². The van der Waals surface area contributed by atoms with Crippen molar-refractivity contribution in [2.24, 2.45) is 16.2 Å². The number of benzene rings is 6. The maximum atomic E-state index is 15.8. The molecule has 0 atom stereocenters. The summed E-state index contributed by atoms with van der Waals surface area (Å²) in [5.74, 6) is -2.39. The molecule has 1 heterocycles. The van der Waals surface area contributed by atoms with Crippen molar-refractivity contribution in [3.8, 4) is 62.7 Å². The predicted octanol–water partition coefficient (Wildman–Crippen LogP) is 11.8. The minimum atomic E-state index is -0.900. The number of amides is 4. The molecule has 0 spiro atoms. The van der Waals surface area contributed by atoms with E-state index in [0.717, 1.165) is 16.7 Å². The molecule has 1 aliphatic heterocycles. The summed E-state index contributed by atoms with van der Waals surface area (Å²) in [6, 6.07) is 24.1. The van der Waals surface area contributed by atoms with Crippen LogP contribution in [0.5, 0.6) is 40.2 Å². The molecular formula is C63H62Br4N4O13. The molecule has 0 radical (unpaired) electrons. The summed E-state index contributed by atoms with van der Waals surface area (Å²) in [6.07, 6.45) is 6.51. The van der Waals surface area contributed by atoms with E-state index in [1.165, 1.54) is 36.4 Å². The highest BCUT2D eigenvalue weighted by atomic mass is 79.9. The molecule has 11 N–H and O–H groups in total. The first-order valence-corrected chi connectivity index (χ1v) is 30.9. The largest absolute Gasteiger partial charge is 0.505 e. The zero-order chi connectivity index (χ0) is 59.9. The van der Waals surface area contributed by atoms with Crippen molar-refractivity contribution in [2.45, 2.75) is 102 Å². The molecule has 4 bridgehead atoms. The summed E-state index contributed by atoms with van der Waals surface area (Å²) in [5, 5.41) is 84.2. The lowest BCUT2D eigenvalue weighted by Gasteiger charge is -2.71. The summed E-state index contributed by atoms with van der Waals surface area (Å²) >= 11 is 13.9. The standard InChI is InChI=1S/C63H62Br4N4O13/c64-41-26-39-52(40-27-42(65)56(82)54(67)58(40)84-57(39)53(66)55(41)81)37-3-1-2-4-38(37)59(83)71-63-31-60(17-11-49(78)68-20-14-34-5-8-43(72)46(75)23-34)28-61(32-63,18-12-50(79)69-21-15-35-6-9-44(73)47(76)24-35)30-62(29-60,33-63)19-13-51(80)70-22-16-36-7-10-45(74)48(77)25-36/h1-10,23-27,72-77,81H,11-22,28-33H2,(H,68,78)(H,69,79)(H,70,80)(H,71,83). The monoisotopic (exact) mass is 1400 g/mol. The second kappa shape index (κ2) is 24.3. The van der Waals surface area contributed by atoms with Crippen molar-refractivity contribution in [3.63, 3.8) is 0 Å². The van der Waals surface area contributed by atoms with Crippen molar-refractivity contribution in [3.05, 3.63) is 141 Å². The van der Waals surface area contributed by atoms with E-state index < -0.39 is 21.8 Å². The van der Waals surface area contributed by atoms with E-state index in [4.69, 9.17) is 4.42 Å². The Morgan fingerprint density at radius 3 is 1.38 bits per heavy atom. The maximum absolute atomic E-state index is 15.8. The van der Waals surface area contributed by atoms with Crippen LogP contribution in [-0.2, 0) is 33.6 Å². The number of carbonyl (C=O) groups excluding carboxylic acids is 4. The van der Waals surface area contributed by atoms with E-state index in [-0.39, 0.29) is 133 Å². The van der Waals surface area contributed by atoms with Crippen molar-refractivity contribution in [2.75, 3.05) is 19.6 Å². The normalized spacial score (nSPS) is 20.5. The smallest absolute Gasteiger partial charge is 0.252 e. The highest BCUT2D eigenvalue weighted by molar-refractivity contribution is 9.11. The molecular weight excluding hydrogens is 1340 g/mol. The fraction of sp³-hybridized carbons (Fsp3) is 0.349. The summed E-state index contributed by atoms with van der Waals surface area (Å²) in [6.45, 7) is 0.823. The van der Waals surface area contributed by atoms with Crippen LogP contribution in [0.4, 0.5) is 0 Å². The molecule has 0 saturated heterocycles. The first kappa shape index (κ1) is 60.3. The van der Waals surface area contributed by atoms with Gasteiger partial charge in [0.15, 0.2) is 45.8 Å². The van der Waals surface area contributed by atoms with Crippen LogP contribution in [-0.4, -0.2) is 84.5 Å². The Hall–Kier alpha value is -6.81. The highest BCUT2D eigenvalue weighted by Gasteiger charge is 2.68. The number of fused-ring (bicyclic) bond motifs is 2. The molecule has 5 aromatic rings. The molecule has 11 rings (SSSR count). The van der Waals surface area contributed by atoms with E-state index in [2.05, 4.69) is 85.0 Å². The van der Waals surface area contributed by atoms with Crippen molar-refractivity contribution in [1.29, 1.82) is 0 Å². The maximum Gasteiger partial charge on any atom is 0.252 e.